The van der Waals surface area contributed by atoms with E-state index in [2.05, 4.69) is 4.98 Å². The average Bonchev–Trinajstić information content (AvgIpc) is 2.20. The van der Waals surface area contributed by atoms with Gasteiger partial charge < -0.3 is 5.21 Å². The molecule has 0 fully saturated rings. The molecule has 0 saturated carbocycles. The molecule has 0 bridgehead atoms. The maximum Gasteiger partial charge on any atom is 0.242 e. The topological polar surface area (TPSA) is 39.8 Å². The van der Waals surface area contributed by atoms with Crippen molar-refractivity contribution in [3.05, 3.63) is 54.0 Å². The molecule has 65 valence electrons. The van der Waals surface area contributed by atoms with Gasteiger partial charge in [-0.15, -0.1) is 0 Å². The van der Waals surface area contributed by atoms with Crippen molar-refractivity contribution in [2.45, 2.75) is 0 Å². The molecule has 2 heterocycles. The Balaban J connectivity index is 0.000000980. The molecule has 0 spiro atoms. The van der Waals surface area contributed by atoms with Crippen molar-refractivity contribution in [1.82, 2.24) is 4.98 Å². The van der Waals surface area contributed by atoms with Crippen LogP contribution in [0.1, 0.15) is 0 Å². The van der Waals surface area contributed by atoms with Gasteiger partial charge in [-0.05, 0) is 18.2 Å². The van der Waals surface area contributed by atoms with E-state index in [9.17, 15) is 5.21 Å². The average molecular weight is 195 g/mol. The fraction of sp³-hybridized carbons (Fsp3) is 0. The Morgan fingerprint density at radius 3 is 2.50 bits per heavy atom. The number of nitrogens with zero attached hydrogens (tertiary/aromatic N) is 2. The quantitative estimate of drug-likeness (QED) is 0.387. The van der Waals surface area contributed by atoms with Gasteiger partial charge in [0.1, 0.15) is 5.69 Å². The van der Waals surface area contributed by atoms with Crippen LogP contribution in [0.5, 0.6) is 0 Å². The van der Waals surface area contributed by atoms with Gasteiger partial charge in [-0.3, -0.25) is 0 Å². The number of rotatable bonds is 1. The molecule has 0 unspecified atom stereocenters. The summed E-state index contributed by atoms with van der Waals surface area (Å²) in [4.78, 5) is 4.09. The summed E-state index contributed by atoms with van der Waals surface area (Å²) in [5.74, 6) is 0. The van der Waals surface area contributed by atoms with E-state index < -0.39 is 0 Å². The Morgan fingerprint density at radius 2 is 1.86 bits per heavy atom. The van der Waals surface area contributed by atoms with E-state index in [1.807, 2.05) is 24.3 Å². The van der Waals surface area contributed by atoms with Gasteiger partial charge in [0.2, 0.25) is 5.69 Å². The SMILES string of the molecule is [Na].[O-][n+]1ccccc1-c1ccccn1. The van der Waals surface area contributed by atoms with Crippen molar-refractivity contribution < 1.29 is 4.73 Å². The first-order chi connectivity index (χ1) is 6.38. The van der Waals surface area contributed by atoms with Gasteiger partial charge in [0.05, 0.1) is 0 Å². The van der Waals surface area contributed by atoms with Crippen LogP contribution >= 0.6 is 0 Å². The Labute approximate surface area is 104 Å². The van der Waals surface area contributed by atoms with Gasteiger partial charge in [0.25, 0.3) is 0 Å². The number of hydrogen-bond donors (Lipinski definition) is 0. The fourth-order valence-corrected chi connectivity index (χ4v) is 1.14. The van der Waals surface area contributed by atoms with E-state index in [0.717, 1.165) is 4.73 Å². The summed E-state index contributed by atoms with van der Waals surface area (Å²) >= 11 is 0. The molecule has 14 heavy (non-hydrogen) atoms. The molecule has 4 heteroatoms. The third kappa shape index (κ3) is 2.32. The van der Waals surface area contributed by atoms with E-state index >= 15 is 0 Å². The molecule has 2 aromatic rings. The molecular weight excluding hydrogens is 187 g/mol. The van der Waals surface area contributed by atoms with Crippen molar-refractivity contribution >= 4 is 29.6 Å². The normalized spacial score (nSPS) is 9.14. The van der Waals surface area contributed by atoms with E-state index in [1.54, 1.807) is 18.3 Å². The molecule has 0 amide bonds. The zero-order chi connectivity index (χ0) is 9.10. The summed E-state index contributed by atoms with van der Waals surface area (Å²) in [6.45, 7) is 0. The van der Waals surface area contributed by atoms with Gasteiger partial charge in [-0.2, -0.15) is 4.73 Å². The second kappa shape index (κ2) is 5.10. The molecule has 0 aliphatic carbocycles. The van der Waals surface area contributed by atoms with Gasteiger partial charge in [0.15, 0.2) is 6.20 Å². The van der Waals surface area contributed by atoms with Crippen LogP contribution in [0.4, 0.5) is 0 Å². The zero-order valence-electron chi connectivity index (χ0n) is 7.92. The van der Waals surface area contributed by atoms with Gasteiger partial charge in [-0.25, -0.2) is 4.98 Å². The maximum atomic E-state index is 11.3. The summed E-state index contributed by atoms with van der Waals surface area (Å²) in [7, 11) is 0. The van der Waals surface area contributed by atoms with Crippen LogP contribution in [0.2, 0.25) is 0 Å². The van der Waals surface area contributed by atoms with Crippen LogP contribution in [0.25, 0.3) is 11.4 Å². The van der Waals surface area contributed by atoms with E-state index in [1.165, 1.54) is 6.20 Å². The predicted octanol–water partition coefficient (Wildman–Crippen LogP) is 1.00. The molecular formula is C10H8N2NaO. The molecule has 0 aliphatic heterocycles. The maximum absolute atomic E-state index is 11.3. The van der Waals surface area contributed by atoms with E-state index in [-0.39, 0.29) is 29.6 Å². The van der Waals surface area contributed by atoms with Crippen molar-refractivity contribution in [2.24, 2.45) is 0 Å². The fourth-order valence-electron chi connectivity index (χ4n) is 1.14. The first-order valence-corrected chi connectivity index (χ1v) is 3.97. The van der Waals surface area contributed by atoms with Crippen molar-refractivity contribution in [2.75, 3.05) is 0 Å². The standard InChI is InChI=1S/C10H8N2O.Na/c13-12-8-4-2-6-10(12)9-5-1-3-7-11-9;/h1-8H;. The van der Waals surface area contributed by atoms with E-state index in [4.69, 9.17) is 0 Å². The second-order valence-corrected chi connectivity index (χ2v) is 2.63. The largest absolute Gasteiger partial charge is 0.618 e. The summed E-state index contributed by atoms with van der Waals surface area (Å²) in [5.41, 5.74) is 1.27. The van der Waals surface area contributed by atoms with Crippen LogP contribution in [0, 0.1) is 5.21 Å². The Bertz CT molecular complexity index is 406. The molecule has 0 saturated heterocycles. The molecule has 1 radical (unpaired) electrons. The Kier molecular flexibility index (Phi) is 4.07. The number of hydrogen-bond acceptors (Lipinski definition) is 2. The van der Waals surface area contributed by atoms with Crippen molar-refractivity contribution in [3.63, 3.8) is 0 Å². The Morgan fingerprint density at radius 1 is 1.07 bits per heavy atom. The zero-order valence-corrected chi connectivity index (χ0v) is 9.92. The number of pyridine rings is 2. The van der Waals surface area contributed by atoms with E-state index in [0.29, 0.717) is 11.4 Å². The minimum atomic E-state index is 0. The second-order valence-electron chi connectivity index (χ2n) is 2.63. The molecule has 0 aliphatic rings. The van der Waals surface area contributed by atoms with Crippen molar-refractivity contribution in [1.29, 1.82) is 0 Å². The Hall–Kier alpha value is -0.900. The van der Waals surface area contributed by atoms with Crippen LogP contribution in [0.3, 0.4) is 0 Å². The third-order valence-corrected chi connectivity index (χ3v) is 1.75. The molecule has 2 aromatic heterocycles. The molecule has 0 N–H and O–H groups in total. The van der Waals surface area contributed by atoms with Gasteiger partial charge >= 0.3 is 0 Å². The van der Waals surface area contributed by atoms with Gasteiger partial charge in [0, 0.05) is 47.9 Å². The minimum absolute atomic E-state index is 0. The number of aromatic nitrogens is 2. The predicted molar refractivity (Wildman–Crippen MR) is 54.4 cm³/mol. The van der Waals surface area contributed by atoms with Gasteiger partial charge in [-0.1, -0.05) is 6.07 Å². The van der Waals surface area contributed by atoms with Crippen LogP contribution < -0.4 is 4.73 Å². The minimum Gasteiger partial charge on any atom is -0.618 e. The summed E-state index contributed by atoms with van der Waals surface area (Å²) < 4.78 is 0.808. The molecule has 2 rings (SSSR count). The first kappa shape index (κ1) is 11.2. The van der Waals surface area contributed by atoms with Crippen LogP contribution in [0.15, 0.2) is 48.8 Å². The third-order valence-electron chi connectivity index (χ3n) is 1.75. The van der Waals surface area contributed by atoms with Crippen molar-refractivity contribution in [3.8, 4) is 11.4 Å². The summed E-state index contributed by atoms with van der Waals surface area (Å²) in [5, 5.41) is 11.3. The molecule has 0 aromatic carbocycles. The smallest absolute Gasteiger partial charge is 0.242 e. The summed E-state index contributed by atoms with van der Waals surface area (Å²) in [6, 6.07) is 10.7. The first-order valence-electron chi connectivity index (χ1n) is 3.97. The molecule has 0 atom stereocenters. The monoisotopic (exact) mass is 195 g/mol. The van der Waals surface area contributed by atoms with Crippen LogP contribution in [-0.2, 0) is 0 Å². The van der Waals surface area contributed by atoms with Crippen LogP contribution in [-0.4, -0.2) is 34.5 Å². The summed E-state index contributed by atoms with van der Waals surface area (Å²) in [6.07, 6.45) is 3.13. The molecule has 3 nitrogen and oxygen atoms in total.